The number of aryl methyl sites for hydroxylation is 1. The zero-order valence-corrected chi connectivity index (χ0v) is 7.77. The number of hydrogen-bond acceptors (Lipinski definition) is 1. The van der Waals surface area contributed by atoms with E-state index in [2.05, 4.69) is 4.98 Å². The molecule has 0 saturated carbocycles. The second kappa shape index (κ2) is 2.96. The number of rotatable bonds is 0. The number of nitrogens with zero attached hydrogens (tertiary/aromatic N) is 1. The molecule has 0 radical (unpaired) electrons. The first-order valence-electron chi connectivity index (χ1n) is 3.89. The highest BCUT2D eigenvalue weighted by Crippen LogP contribution is 2.26. The summed E-state index contributed by atoms with van der Waals surface area (Å²) in [5.41, 5.74) is 1.25. The number of hydrogen-bond donors (Lipinski definition) is 0. The number of halogens is 2. The lowest BCUT2D eigenvalue weighted by Crippen LogP contribution is -1.87. The minimum Gasteiger partial charge on any atom is -0.253 e. The van der Waals surface area contributed by atoms with Gasteiger partial charge in [-0.3, -0.25) is 4.98 Å². The molecule has 0 atom stereocenters. The Kier molecular flexibility index (Phi) is 1.93. The highest BCUT2D eigenvalue weighted by atomic mass is 35.5. The molecule has 0 N–H and O–H groups in total. The summed E-state index contributed by atoms with van der Waals surface area (Å²) in [6.45, 7) is 1.85. The first kappa shape index (κ1) is 8.45. The van der Waals surface area contributed by atoms with Crippen LogP contribution in [0.2, 0.25) is 5.02 Å². The van der Waals surface area contributed by atoms with Crippen LogP contribution in [0.3, 0.4) is 0 Å². The van der Waals surface area contributed by atoms with Gasteiger partial charge in [0.1, 0.15) is 5.52 Å². The fourth-order valence-corrected chi connectivity index (χ4v) is 1.51. The maximum absolute atomic E-state index is 13.3. The van der Waals surface area contributed by atoms with E-state index in [0.29, 0.717) is 10.5 Å². The van der Waals surface area contributed by atoms with E-state index >= 15 is 0 Å². The zero-order chi connectivity index (χ0) is 9.42. The largest absolute Gasteiger partial charge is 0.253 e. The van der Waals surface area contributed by atoms with Gasteiger partial charge in [0.2, 0.25) is 0 Å². The van der Waals surface area contributed by atoms with Gasteiger partial charge in [-0.25, -0.2) is 4.39 Å². The van der Waals surface area contributed by atoms with Crippen molar-refractivity contribution in [2.45, 2.75) is 6.92 Å². The number of aromatic nitrogens is 1. The fourth-order valence-electron chi connectivity index (χ4n) is 1.31. The molecule has 1 heterocycles. The Morgan fingerprint density at radius 2 is 2.23 bits per heavy atom. The van der Waals surface area contributed by atoms with E-state index in [4.69, 9.17) is 11.6 Å². The molecule has 0 saturated heterocycles. The summed E-state index contributed by atoms with van der Waals surface area (Å²) in [5.74, 6) is -0.369. The summed E-state index contributed by atoms with van der Waals surface area (Å²) in [4.78, 5) is 3.95. The number of fused-ring (bicyclic) bond motifs is 1. The topological polar surface area (TPSA) is 12.9 Å². The Morgan fingerprint density at radius 1 is 1.46 bits per heavy atom. The number of benzene rings is 1. The van der Waals surface area contributed by atoms with Crippen molar-refractivity contribution < 1.29 is 4.39 Å². The molecule has 0 unspecified atom stereocenters. The molecule has 1 aromatic heterocycles. The molecular formula is C10H7ClFN. The second-order valence-electron chi connectivity index (χ2n) is 2.86. The van der Waals surface area contributed by atoms with Crippen LogP contribution in [-0.4, -0.2) is 4.98 Å². The molecule has 0 aliphatic carbocycles. The molecule has 66 valence electrons. The average Bonchev–Trinajstić information content (AvgIpc) is 2.15. The van der Waals surface area contributed by atoms with Crippen molar-refractivity contribution in [2.24, 2.45) is 0 Å². The van der Waals surface area contributed by atoms with Gasteiger partial charge in [-0.05, 0) is 24.6 Å². The monoisotopic (exact) mass is 195 g/mol. The van der Waals surface area contributed by atoms with Gasteiger partial charge < -0.3 is 0 Å². The second-order valence-corrected chi connectivity index (χ2v) is 3.27. The van der Waals surface area contributed by atoms with Crippen LogP contribution in [0.25, 0.3) is 10.9 Å². The zero-order valence-electron chi connectivity index (χ0n) is 7.01. The Hall–Kier alpha value is -1.15. The molecule has 1 nitrogen and oxygen atoms in total. The van der Waals surface area contributed by atoms with Crippen LogP contribution in [0.5, 0.6) is 0 Å². The highest BCUT2D eigenvalue weighted by Gasteiger charge is 2.07. The summed E-state index contributed by atoms with van der Waals surface area (Å²) >= 11 is 5.83. The van der Waals surface area contributed by atoms with Gasteiger partial charge in [-0.15, -0.1) is 0 Å². The van der Waals surface area contributed by atoms with E-state index in [0.717, 1.165) is 10.9 Å². The maximum atomic E-state index is 13.3. The average molecular weight is 196 g/mol. The molecule has 0 fully saturated rings. The van der Waals surface area contributed by atoms with Gasteiger partial charge >= 0.3 is 0 Å². The van der Waals surface area contributed by atoms with Gasteiger partial charge in [0.05, 0.1) is 0 Å². The van der Waals surface area contributed by atoms with Crippen molar-refractivity contribution in [3.05, 3.63) is 40.8 Å². The van der Waals surface area contributed by atoms with Gasteiger partial charge in [-0.1, -0.05) is 17.7 Å². The molecule has 0 spiro atoms. The third-order valence-electron chi connectivity index (χ3n) is 2.05. The third-order valence-corrected chi connectivity index (χ3v) is 2.44. The summed E-state index contributed by atoms with van der Waals surface area (Å²) in [5, 5.41) is 1.21. The minimum atomic E-state index is -0.369. The van der Waals surface area contributed by atoms with E-state index < -0.39 is 0 Å². The standard InChI is InChI=1S/C10H7ClFN/c1-6-7-3-2-4-13-10(7)9(12)5-8(6)11/h2-5H,1H3. The van der Waals surface area contributed by atoms with Crippen LogP contribution < -0.4 is 0 Å². The minimum absolute atomic E-state index is 0.369. The van der Waals surface area contributed by atoms with E-state index in [1.165, 1.54) is 6.07 Å². The molecule has 2 aromatic rings. The Bertz CT molecular complexity index is 468. The predicted molar refractivity (Wildman–Crippen MR) is 51.4 cm³/mol. The first-order chi connectivity index (χ1) is 6.20. The fraction of sp³-hybridized carbons (Fsp3) is 0.100. The van der Waals surface area contributed by atoms with Crippen LogP contribution in [0.15, 0.2) is 24.4 Å². The molecule has 3 heteroatoms. The predicted octanol–water partition coefficient (Wildman–Crippen LogP) is 3.34. The third kappa shape index (κ3) is 1.27. The SMILES string of the molecule is Cc1c(Cl)cc(F)c2ncccc12. The van der Waals surface area contributed by atoms with Crippen LogP contribution in [-0.2, 0) is 0 Å². The highest BCUT2D eigenvalue weighted by molar-refractivity contribution is 6.32. The van der Waals surface area contributed by atoms with Crippen molar-refractivity contribution >= 4 is 22.5 Å². The van der Waals surface area contributed by atoms with E-state index in [1.54, 1.807) is 12.3 Å². The number of pyridine rings is 1. The normalized spacial score (nSPS) is 10.7. The molecular weight excluding hydrogens is 189 g/mol. The van der Waals surface area contributed by atoms with Crippen molar-refractivity contribution in [2.75, 3.05) is 0 Å². The van der Waals surface area contributed by atoms with Crippen LogP contribution in [0, 0.1) is 12.7 Å². The molecule has 13 heavy (non-hydrogen) atoms. The van der Waals surface area contributed by atoms with E-state index in [1.807, 2.05) is 13.0 Å². The summed E-state index contributed by atoms with van der Waals surface area (Å²) in [6.07, 6.45) is 1.57. The molecule has 0 amide bonds. The van der Waals surface area contributed by atoms with Crippen LogP contribution in [0.4, 0.5) is 4.39 Å². The Morgan fingerprint density at radius 3 is 3.00 bits per heavy atom. The molecule has 0 aliphatic rings. The van der Waals surface area contributed by atoms with Crippen molar-refractivity contribution in [3.63, 3.8) is 0 Å². The lowest BCUT2D eigenvalue weighted by Gasteiger charge is -2.03. The van der Waals surface area contributed by atoms with Crippen LogP contribution in [0.1, 0.15) is 5.56 Å². The van der Waals surface area contributed by atoms with Crippen LogP contribution >= 0.6 is 11.6 Å². The molecule has 0 aliphatic heterocycles. The van der Waals surface area contributed by atoms with E-state index in [-0.39, 0.29) is 5.82 Å². The molecule has 2 rings (SSSR count). The van der Waals surface area contributed by atoms with Gasteiger partial charge in [-0.2, -0.15) is 0 Å². The molecule has 1 aromatic carbocycles. The Balaban J connectivity index is 2.97. The Labute approximate surface area is 80.2 Å². The van der Waals surface area contributed by atoms with Crippen molar-refractivity contribution in [1.82, 2.24) is 4.98 Å². The van der Waals surface area contributed by atoms with Gasteiger partial charge in [0.25, 0.3) is 0 Å². The lowest BCUT2D eigenvalue weighted by molar-refractivity contribution is 0.636. The smallest absolute Gasteiger partial charge is 0.150 e. The first-order valence-corrected chi connectivity index (χ1v) is 4.27. The lowest BCUT2D eigenvalue weighted by atomic mass is 10.1. The summed E-state index contributed by atoms with van der Waals surface area (Å²) in [7, 11) is 0. The quantitative estimate of drug-likeness (QED) is 0.628. The summed E-state index contributed by atoms with van der Waals surface area (Å²) < 4.78 is 13.3. The summed E-state index contributed by atoms with van der Waals surface area (Å²) in [6, 6.07) is 4.88. The van der Waals surface area contributed by atoms with Crippen molar-refractivity contribution in [1.29, 1.82) is 0 Å². The molecule has 0 bridgehead atoms. The van der Waals surface area contributed by atoms with Crippen molar-refractivity contribution in [3.8, 4) is 0 Å². The van der Waals surface area contributed by atoms with Gasteiger partial charge in [0.15, 0.2) is 5.82 Å². The maximum Gasteiger partial charge on any atom is 0.150 e. The van der Waals surface area contributed by atoms with E-state index in [9.17, 15) is 4.39 Å². The van der Waals surface area contributed by atoms with Gasteiger partial charge in [0, 0.05) is 16.6 Å².